The smallest absolute Gasteiger partial charge is 0.330 e. The van der Waals surface area contributed by atoms with E-state index in [1.165, 1.54) is 7.05 Å². The molecule has 0 aliphatic heterocycles. The van der Waals surface area contributed by atoms with E-state index in [1.54, 1.807) is 30.3 Å². The third-order valence-corrected chi connectivity index (χ3v) is 4.09. The molecule has 0 aliphatic rings. The third-order valence-electron chi connectivity index (χ3n) is 4.09. The van der Waals surface area contributed by atoms with Crippen LogP contribution in [-0.4, -0.2) is 45.2 Å². The third kappa shape index (κ3) is 5.25. The van der Waals surface area contributed by atoms with Gasteiger partial charge in [-0.2, -0.15) is 4.80 Å². The van der Waals surface area contributed by atoms with Crippen LogP contribution in [0.15, 0.2) is 54.6 Å². The fourth-order valence-corrected chi connectivity index (χ4v) is 2.55. The summed E-state index contributed by atoms with van der Waals surface area (Å²) in [5.74, 6) is -1.18. The number of aryl methyl sites for hydroxylation is 1. The summed E-state index contributed by atoms with van der Waals surface area (Å²) in [6, 6.07) is 15.2. The first-order valence-corrected chi connectivity index (χ1v) is 9.08. The number of amides is 3. The molecule has 10 nitrogen and oxygen atoms in total. The van der Waals surface area contributed by atoms with E-state index in [-0.39, 0.29) is 6.54 Å². The predicted octanol–water partition coefficient (Wildman–Crippen LogP) is 1.39. The summed E-state index contributed by atoms with van der Waals surface area (Å²) in [5.41, 5.74) is 2.27. The van der Waals surface area contributed by atoms with Gasteiger partial charge in [0.1, 0.15) is 0 Å². The number of nitrogens with zero attached hydrogens (tertiary/aromatic N) is 4. The van der Waals surface area contributed by atoms with Crippen LogP contribution in [0.4, 0.5) is 4.79 Å². The Bertz CT molecular complexity index is 1030. The van der Waals surface area contributed by atoms with Gasteiger partial charge in [0.05, 0.1) is 0 Å². The van der Waals surface area contributed by atoms with Crippen LogP contribution in [0.5, 0.6) is 0 Å². The topological polar surface area (TPSA) is 128 Å². The summed E-state index contributed by atoms with van der Waals surface area (Å²) in [7, 11) is 1.37. The van der Waals surface area contributed by atoms with Crippen molar-refractivity contribution in [3.05, 3.63) is 65.7 Å². The van der Waals surface area contributed by atoms with E-state index in [4.69, 9.17) is 4.74 Å². The zero-order valence-corrected chi connectivity index (χ0v) is 16.4. The number of carbonyl (C=O) groups excluding carboxylic acids is 3. The molecule has 3 amide bonds. The Morgan fingerprint density at radius 3 is 2.43 bits per heavy atom. The summed E-state index contributed by atoms with van der Waals surface area (Å²) in [4.78, 5) is 37.4. The van der Waals surface area contributed by atoms with E-state index >= 15 is 0 Å². The van der Waals surface area contributed by atoms with Crippen LogP contribution < -0.4 is 10.6 Å². The number of hydrogen-bond donors (Lipinski definition) is 2. The molecule has 3 rings (SSSR count). The fourth-order valence-electron chi connectivity index (χ4n) is 2.55. The summed E-state index contributed by atoms with van der Waals surface area (Å²) in [6.07, 6.45) is -1.31. The highest BCUT2D eigenvalue weighted by Crippen LogP contribution is 2.18. The maximum atomic E-state index is 12.4. The van der Waals surface area contributed by atoms with Crippen molar-refractivity contribution in [2.75, 3.05) is 7.05 Å². The molecule has 0 saturated heterocycles. The number of imide groups is 1. The molecule has 0 spiro atoms. The fraction of sp³-hybridized carbons (Fsp3) is 0.200. The van der Waals surface area contributed by atoms with Gasteiger partial charge in [0.25, 0.3) is 5.91 Å². The minimum atomic E-state index is -1.31. The van der Waals surface area contributed by atoms with Gasteiger partial charge in [0.2, 0.25) is 11.9 Å². The zero-order valence-electron chi connectivity index (χ0n) is 16.4. The number of ether oxygens (including phenoxy) is 1. The number of hydrogen-bond acceptors (Lipinski definition) is 7. The quantitative estimate of drug-likeness (QED) is 0.590. The number of urea groups is 1. The molecule has 0 radical (unpaired) electrons. The monoisotopic (exact) mass is 408 g/mol. The van der Waals surface area contributed by atoms with Gasteiger partial charge < -0.3 is 10.1 Å². The average Bonchev–Trinajstić information content (AvgIpc) is 3.21. The normalized spacial score (nSPS) is 11.4. The lowest BCUT2D eigenvalue weighted by atomic mass is 10.1. The van der Waals surface area contributed by atoms with Gasteiger partial charge in [-0.15, -0.1) is 10.2 Å². The van der Waals surface area contributed by atoms with Crippen molar-refractivity contribution < 1.29 is 19.1 Å². The molecule has 0 fully saturated rings. The van der Waals surface area contributed by atoms with Crippen molar-refractivity contribution >= 4 is 17.9 Å². The Morgan fingerprint density at radius 1 is 1.07 bits per heavy atom. The van der Waals surface area contributed by atoms with Crippen molar-refractivity contribution in [3.8, 4) is 11.4 Å². The van der Waals surface area contributed by atoms with Crippen LogP contribution in [0.1, 0.15) is 17.2 Å². The molecule has 0 unspecified atom stereocenters. The molecule has 3 aromatic rings. The number of benzene rings is 2. The van der Waals surface area contributed by atoms with Crippen molar-refractivity contribution in [2.24, 2.45) is 0 Å². The summed E-state index contributed by atoms with van der Waals surface area (Å²) in [6.45, 7) is 1.61. The van der Waals surface area contributed by atoms with E-state index < -0.39 is 24.0 Å². The van der Waals surface area contributed by atoms with Gasteiger partial charge in [0, 0.05) is 18.2 Å². The van der Waals surface area contributed by atoms with Crippen molar-refractivity contribution in [1.29, 1.82) is 0 Å². The molecular weight excluding hydrogens is 388 g/mol. The molecule has 1 atom stereocenters. The molecule has 2 aromatic carbocycles. The molecule has 30 heavy (non-hydrogen) atoms. The number of esters is 1. The SMILES string of the molecule is CNC(=O)NC(=O)[C@@H](OC(=O)Cn1nnc(-c2ccc(C)cc2)n1)c1ccccc1. The molecule has 0 saturated carbocycles. The van der Waals surface area contributed by atoms with E-state index in [0.29, 0.717) is 11.4 Å². The molecular formula is C20H20N6O4. The van der Waals surface area contributed by atoms with Crippen LogP contribution in [-0.2, 0) is 20.9 Å². The second-order valence-corrected chi connectivity index (χ2v) is 6.36. The number of rotatable bonds is 6. The first kappa shape index (κ1) is 20.6. The minimum Gasteiger partial charge on any atom is -0.446 e. The van der Waals surface area contributed by atoms with Crippen LogP contribution in [0.25, 0.3) is 11.4 Å². The molecule has 2 N–H and O–H groups in total. The standard InChI is InChI=1S/C20H20N6O4/c1-13-8-10-15(11-9-13)18-23-25-26(24-18)12-16(27)30-17(14-6-4-3-5-7-14)19(28)22-20(29)21-2/h3-11,17H,12H2,1-2H3,(H2,21,22,28,29)/t17-/m0/s1. The Balaban J connectivity index is 1.71. The van der Waals surface area contributed by atoms with Gasteiger partial charge in [-0.05, 0) is 12.1 Å². The Morgan fingerprint density at radius 2 is 1.77 bits per heavy atom. The lowest BCUT2D eigenvalue weighted by Gasteiger charge is -2.17. The van der Waals surface area contributed by atoms with Crippen LogP contribution >= 0.6 is 0 Å². The Kier molecular flexibility index (Phi) is 6.48. The number of nitrogens with one attached hydrogen (secondary N) is 2. The van der Waals surface area contributed by atoms with E-state index in [2.05, 4.69) is 26.0 Å². The first-order valence-electron chi connectivity index (χ1n) is 9.08. The van der Waals surface area contributed by atoms with Crippen molar-refractivity contribution in [1.82, 2.24) is 30.8 Å². The van der Waals surface area contributed by atoms with E-state index in [9.17, 15) is 14.4 Å². The Labute approximate surface area is 172 Å². The minimum absolute atomic E-state index is 0.352. The Hall–Kier alpha value is -4.08. The van der Waals surface area contributed by atoms with Crippen LogP contribution in [0.3, 0.4) is 0 Å². The van der Waals surface area contributed by atoms with Gasteiger partial charge in [0.15, 0.2) is 6.54 Å². The van der Waals surface area contributed by atoms with Crippen molar-refractivity contribution in [3.63, 3.8) is 0 Å². The number of tetrazole rings is 1. The van der Waals surface area contributed by atoms with Crippen molar-refractivity contribution in [2.45, 2.75) is 19.6 Å². The summed E-state index contributed by atoms with van der Waals surface area (Å²) >= 11 is 0. The van der Waals surface area contributed by atoms with Gasteiger partial charge >= 0.3 is 12.0 Å². The molecule has 10 heteroatoms. The van der Waals surface area contributed by atoms with Gasteiger partial charge in [-0.3, -0.25) is 10.1 Å². The van der Waals surface area contributed by atoms with Gasteiger partial charge in [-0.1, -0.05) is 60.2 Å². The lowest BCUT2D eigenvalue weighted by Crippen LogP contribution is -2.41. The number of aromatic nitrogens is 4. The largest absolute Gasteiger partial charge is 0.446 e. The number of carbonyl (C=O) groups is 3. The van der Waals surface area contributed by atoms with Gasteiger partial charge in [-0.25, -0.2) is 9.59 Å². The van der Waals surface area contributed by atoms with E-state index in [1.807, 2.05) is 31.2 Å². The maximum absolute atomic E-state index is 12.4. The molecule has 1 aromatic heterocycles. The highest BCUT2D eigenvalue weighted by atomic mass is 16.5. The second kappa shape index (κ2) is 9.41. The van der Waals surface area contributed by atoms with E-state index in [0.717, 1.165) is 15.9 Å². The maximum Gasteiger partial charge on any atom is 0.330 e. The van der Waals surface area contributed by atoms with Crippen LogP contribution in [0.2, 0.25) is 0 Å². The average molecular weight is 408 g/mol. The molecule has 154 valence electrons. The lowest BCUT2D eigenvalue weighted by molar-refractivity contribution is -0.157. The first-order chi connectivity index (χ1) is 14.5. The predicted molar refractivity (Wildman–Crippen MR) is 106 cm³/mol. The molecule has 1 heterocycles. The zero-order chi connectivity index (χ0) is 21.5. The summed E-state index contributed by atoms with van der Waals surface area (Å²) < 4.78 is 5.32. The molecule has 0 aliphatic carbocycles. The van der Waals surface area contributed by atoms with Crippen LogP contribution in [0, 0.1) is 6.92 Å². The second-order valence-electron chi connectivity index (χ2n) is 6.36. The summed E-state index contributed by atoms with van der Waals surface area (Å²) in [5, 5.41) is 16.3. The molecule has 0 bridgehead atoms. The highest BCUT2D eigenvalue weighted by Gasteiger charge is 2.26. The highest BCUT2D eigenvalue weighted by molar-refractivity contribution is 5.97.